The standard InChI is InChI=1S/C7H12BNO/c1-5-9(8)7(3,4)6(2)10/h5H,1H2,2-4H3. The van der Waals surface area contributed by atoms with E-state index in [-0.39, 0.29) is 5.78 Å². The van der Waals surface area contributed by atoms with Crippen LogP contribution in [0.5, 0.6) is 0 Å². The SMILES string of the molecule is [B]N(C=C)C(C)(C)C(C)=O. The number of nitrogens with zero attached hydrogens (tertiary/aromatic N) is 1. The van der Waals surface area contributed by atoms with E-state index in [0.717, 1.165) is 0 Å². The van der Waals surface area contributed by atoms with Gasteiger partial charge < -0.3 is 4.81 Å². The van der Waals surface area contributed by atoms with Gasteiger partial charge in [0.25, 0.3) is 0 Å². The smallest absolute Gasteiger partial charge is 0.227 e. The van der Waals surface area contributed by atoms with Crippen LogP contribution in [0.1, 0.15) is 20.8 Å². The Morgan fingerprint density at radius 1 is 1.70 bits per heavy atom. The molecule has 2 nitrogen and oxygen atoms in total. The summed E-state index contributed by atoms with van der Waals surface area (Å²) in [5.41, 5.74) is -0.637. The van der Waals surface area contributed by atoms with E-state index in [2.05, 4.69) is 6.58 Å². The molecule has 0 aliphatic carbocycles. The summed E-state index contributed by atoms with van der Waals surface area (Å²) in [6.07, 6.45) is 1.43. The molecule has 0 saturated carbocycles. The van der Waals surface area contributed by atoms with Crippen molar-refractivity contribution in [2.45, 2.75) is 26.3 Å². The summed E-state index contributed by atoms with van der Waals surface area (Å²) in [5.74, 6) is 0.0231. The fourth-order valence-corrected chi connectivity index (χ4v) is 0.410. The fraction of sp³-hybridized carbons (Fsp3) is 0.571. The van der Waals surface area contributed by atoms with Crippen LogP contribution in [0.3, 0.4) is 0 Å². The Labute approximate surface area is 63.3 Å². The second-order valence-electron chi connectivity index (χ2n) is 2.71. The summed E-state index contributed by atoms with van der Waals surface area (Å²) >= 11 is 0. The molecule has 0 aromatic heterocycles. The topological polar surface area (TPSA) is 20.3 Å². The summed E-state index contributed by atoms with van der Waals surface area (Å²) in [4.78, 5) is 12.2. The maximum absolute atomic E-state index is 10.9. The zero-order valence-electron chi connectivity index (χ0n) is 6.72. The lowest BCUT2D eigenvalue weighted by atomic mass is 9.95. The molecule has 0 rings (SSSR count). The van der Waals surface area contributed by atoms with Crippen molar-refractivity contribution in [3.8, 4) is 0 Å². The highest BCUT2D eigenvalue weighted by Gasteiger charge is 2.25. The van der Waals surface area contributed by atoms with Gasteiger partial charge in [-0.1, -0.05) is 6.58 Å². The van der Waals surface area contributed by atoms with Crippen LogP contribution >= 0.6 is 0 Å². The number of Topliss-reactive ketones (excluding diaryl/α,β-unsaturated/α-hetero) is 1. The minimum Gasteiger partial charge on any atom is -0.421 e. The highest BCUT2D eigenvalue weighted by Crippen LogP contribution is 2.11. The third-order valence-corrected chi connectivity index (χ3v) is 1.70. The Kier molecular flexibility index (Phi) is 2.70. The largest absolute Gasteiger partial charge is 0.421 e. The first-order valence-electron chi connectivity index (χ1n) is 3.10. The molecular formula is C7H12BNO. The second kappa shape index (κ2) is 2.91. The number of hydrogen-bond donors (Lipinski definition) is 0. The predicted molar refractivity (Wildman–Crippen MR) is 42.6 cm³/mol. The van der Waals surface area contributed by atoms with Crippen LogP contribution in [0.2, 0.25) is 0 Å². The van der Waals surface area contributed by atoms with Crippen molar-refractivity contribution in [1.82, 2.24) is 4.81 Å². The minimum absolute atomic E-state index is 0.0231. The van der Waals surface area contributed by atoms with Crippen molar-refractivity contribution < 1.29 is 4.79 Å². The quantitative estimate of drug-likeness (QED) is 0.538. The number of hydrogen-bond acceptors (Lipinski definition) is 2. The Morgan fingerprint density at radius 2 is 2.10 bits per heavy atom. The molecule has 3 heteroatoms. The average molecular weight is 137 g/mol. The highest BCUT2D eigenvalue weighted by molar-refractivity contribution is 6.08. The summed E-state index contributed by atoms with van der Waals surface area (Å²) in [7, 11) is 5.45. The first kappa shape index (κ1) is 9.27. The summed E-state index contributed by atoms with van der Waals surface area (Å²) in [5, 5.41) is 0. The minimum atomic E-state index is -0.637. The fourth-order valence-electron chi connectivity index (χ4n) is 0.410. The van der Waals surface area contributed by atoms with Crippen LogP contribution < -0.4 is 0 Å². The first-order valence-corrected chi connectivity index (χ1v) is 3.10. The Bertz CT molecular complexity index is 154. The van der Waals surface area contributed by atoms with Crippen LogP contribution in [0.15, 0.2) is 12.8 Å². The van der Waals surface area contributed by atoms with Crippen LogP contribution in [0.4, 0.5) is 0 Å². The molecule has 2 radical (unpaired) electrons. The molecule has 0 aliphatic heterocycles. The van der Waals surface area contributed by atoms with E-state index < -0.39 is 5.54 Å². The molecule has 0 aliphatic rings. The molecule has 10 heavy (non-hydrogen) atoms. The molecule has 0 fully saturated rings. The van der Waals surface area contributed by atoms with Crippen molar-refractivity contribution in [2.75, 3.05) is 0 Å². The molecule has 0 N–H and O–H groups in total. The molecule has 0 amide bonds. The van der Waals surface area contributed by atoms with Gasteiger partial charge in [0.1, 0.15) is 0 Å². The molecule has 54 valence electrons. The third-order valence-electron chi connectivity index (χ3n) is 1.70. The lowest BCUT2D eigenvalue weighted by Crippen LogP contribution is -2.44. The van der Waals surface area contributed by atoms with E-state index in [0.29, 0.717) is 0 Å². The number of rotatable bonds is 3. The molecule has 0 aromatic carbocycles. The summed E-state index contributed by atoms with van der Waals surface area (Å²) in [6, 6.07) is 0. The summed E-state index contributed by atoms with van der Waals surface area (Å²) < 4.78 is 0. The maximum Gasteiger partial charge on any atom is 0.227 e. The maximum atomic E-state index is 10.9. The van der Waals surface area contributed by atoms with Crippen molar-refractivity contribution in [3.63, 3.8) is 0 Å². The monoisotopic (exact) mass is 137 g/mol. The van der Waals surface area contributed by atoms with Crippen LogP contribution in [-0.4, -0.2) is 24.1 Å². The summed E-state index contributed by atoms with van der Waals surface area (Å²) in [6.45, 7) is 8.46. The zero-order chi connectivity index (χ0) is 8.36. The van der Waals surface area contributed by atoms with E-state index in [1.807, 2.05) is 0 Å². The van der Waals surface area contributed by atoms with Crippen molar-refractivity contribution >= 4 is 13.8 Å². The predicted octanol–water partition coefficient (Wildman–Crippen LogP) is 0.883. The normalized spacial score (nSPS) is 10.7. The van der Waals surface area contributed by atoms with Gasteiger partial charge in [0.15, 0.2) is 5.78 Å². The van der Waals surface area contributed by atoms with Crippen LogP contribution in [0.25, 0.3) is 0 Å². The van der Waals surface area contributed by atoms with Crippen LogP contribution in [0, 0.1) is 0 Å². The molecule has 0 saturated heterocycles. The van der Waals surface area contributed by atoms with Gasteiger partial charge in [0.05, 0.1) is 5.54 Å². The molecule has 0 aromatic rings. The lowest BCUT2D eigenvalue weighted by Gasteiger charge is -2.32. The van der Waals surface area contributed by atoms with Gasteiger partial charge in [-0.3, -0.25) is 4.79 Å². The first-order chi connectivity index (χ1) is 4.42. The van der Waals surface area contributed by atoms with Gasteiger partial charge in [0.2, 0.25) is 7.98 Å². The lowest BCUT2D eigenvalue weighted by molar-refractivity contribution is -0.123. The molecular weight excluding hydrogens is 125 g/mol. The van der Waals surface area contributed by atoms with E-state index in [1.165, 1.54) is 17.9 Å². The molecule has 0 unspecified atom stereocenters. The molecule has 0 heterocycles. The average Bonchev–Trinajstić information content (AvgIpc) is 1.86. The van der Waals surface area contributed by atoms with Crippen molar-refractivity contribution in [2.24, 2.45) is 0 Å². The van der Waals surface area contributed by atoms with Gasteiger partial charge in [-0.25, -0.2) is 0 Å². The van der Waals surface area contributed by atoms with Gasteiger partial charge in [-0.05, 0) is 27.0 Å². The van der Waals surface area contributed by atoms with Crippen molar-refractivity contribution in [3.05, 3.63) is 12.8 Å². The Balaban J connectivity index is 4.38. The van der Waals surface area contributed by atoms with E-state index in [4.69, 9.17) is 7.98 Å². The number of ketones is 1. The van der Waals surface area contributed by atoms with Gasteiger partial charge in [-0.15, -0.1) is 0 Å². The number of carbonyl (C=O) groups excluding carboxylic acids is 1. The van der Waals surface area contributed by atoms with E-state index in [1.54, 1.807) is 13.8 Å². The van der Waals surface area contributed by atoms with Gasteiger partial charge in [0, 0.05) is 0 Å². The number of carbonyl (C=O) groups is 1. The molecule has 0 bridgehead atoms. The van der Waals surface area contributed by atoms with Crippen molar-refractivity contribution in [1.29, 1.82) is 0 Å². The van der Waals surface area contributed by atoms with Crippen LogP contribution in [-0.2, 0) is 4.79 Å². The third kappa shape index (κ3) is 1.63. The molecule has 0 atom stereocenters. The Hall–Kier alpha value is -0.725. The zero-order valence-corrected chi connectivity index (χ0v) is 6.72. The van der Waals surface area contributed by atoms with Gasteiger partial charge >= 0.3 is 0 Å². The molecule has 0 spiro atoms. The van der Waals surface area contributed by atoms with E-state index in [9.17, 15) is 4.79 Å². The van der Waals surface area contributed by atoms with Gasteiger partial charge in [-0.2, -0.15) is 0 Å². The van der Waals surface area contributed by atoms with E-state index >= 15 is 0 Å². The highest BCUT2D eigenvalue weighted by atomic mass is 16.1. The second-order valence-corrected chi connectivity index (χ2v) is 2.71. The Morgan fingerprint density at radius 3 is 2.20 bits per heavy atom.